The maximum Gasteiger partial charge on any atom is 0.293 e. The SMILES string of the molecule is CC(C)S(=O)(=O)c1ccc(S(=O)(=O)n2ncc3ccccc32)s1. The van der Waals surface area contributed by atoms with E-state index in [1.54, 1.807) is 38.1 Å². The fourth-order valence-electron chi connectivity index (χ4n) is 2.05. The van der Waals surface area contributed by atoms with Crippen molar-refractivity contribution in [1.82, 2.24) is 9.19 Å². The third kappa shape index (κ3) is 2.58. The van der Waals surface area contributed by atoms with Crippen molar-refractivity contribution in [1.29, 1.82) is 0 Å². The molecule has 0 amide bonds. The lowest BCUT2D eigenvalue weighted by atomic mass is 10.3. The number of hydrogen-bond donors (Lipinski definition) is 0. The number of aromatic nitrogens is 2. The fraction of sp³-hybridized carbons (Fsp3) is 0.214. The predicted molar refractivity (Wildman–Crippen MR) is 89.0 cm³/mol. The van der Waals surface area contributed by atoms with Gasteiger partial charge in [0.25, 0.3) is 10.0 Å². The molecule has 0 aliphatic heterocycles. The van der Waals surface area contributed by atoms with Gasteiger partial charge in [-0.05, 0) is 32.0 Å². The summed E-state index contributed by atoms with van der Waals surface area (Å²) in [4.78, 5) is 0. The van der Waals surface area contributed by atoms with Crippen LogP contribution < -0.4 is 0 Å². The highest BCUT2D eigenvalue weighted by atomic mass is 32.3. The van der Waals surface area contributed by atoms with Crippen LogP contribution in [0.15, 0.2) is 51.0 Å². The molecule has 0 aliphatic carbocycles. The van der Waals surface area contributed by atoms with Crippen LogP contribution in [0, 0.1) is 0 Å². The highest BCUT2D eigenvalue weighted by Crippen LogP contribution is 2.30. The lowest BCUT2D eigenvalue weighted by Gasteiger charge is -2.05. The van der Waals surface area contributed by atoms with Gasteiger partial charge in [0.05, 0.1) is 17.0 Å². The van der Waals surface area contributed by atoms with Gasteiger partial charge in [0, 0.05) is 5.39 Å². The van der Waals surface area contributed by atoms with Gasteiger partial charge in [-0.15, -0.1) is 11.3 Å². The van der Waals surface area contributed by atoms with Crippen LogP contribution in [0.5, 0.6) is 0 Å². The van der Waals surface area contributed by atoms with Crippen molar-refractivity contribution in [3.63, 3.8) is 0 Å². The second-order valence-electron chi connectivity index (χ2n) is 5.22. The van der Waals surface area contributed by atoms with E-state index in [0.29, 0.717) is 10.9 Å². The molecule has 0 N–H and O–H groups in total. The molecule has 122 valence electrons. The molecule has 2 aromatic heterocycles. The van der Waals surface area contributed by atoms with Crippen LogP contribution in [-0.4, -0.2) is 31.3 Å². The quantitative estimate of drug-likeness (QED) is 0.704. The van der Waals surface area contributed by atoms with Crippen molar-refractivity contribution in [3.8, 4) is 0 Å². The molecule has 6 nitrogen and oxygen atoms in total. The summed E-state index contributed by atoms with van der Waals surface area (Å²) in [6, 6.07) is 9.57. The Labute approximate surface area is 138 Å². The number of thiophene rings is 1. The molecule has 0 radical (unpaired) electrons. The zero-order valence-corrected chi connectivity index (χ0v) is 14.8. The molecule has 0 aliphatic rings. The molecular formula is C14H14N2O4S3. The van der Waals surface area contributed by atoms with Crippen LogP contribution in [0.4, 0.5) is 0 Å². The minimum Gasteiger partial charge on any atom is -0.223 e. The lowest BCUT2D eigenvalue weighted by molar-refractivity contribution is 0.584. The molecule has 0 saturated heterocycles. The van der Waals surface area contributed by atoms with Gasteiger partial charge < -0.3 is 0 Å². The van der Waals surface area contributed by atoms with Crippen molar-refractivity contribution < 1.29 is 16.8 Å². The molecule has 3 aromatic rings. The molecular weight excluding hydrogens is 356 g/mol. The number of hydrogen-bond acceptors (Lipinski definition) is 6. The summed E-state index contributed by atoms with van der Waals surface area (Å²) in [5.74, 6) is 0. The van der Waals surface area contributed by atoms with Crippen molar-refractivity contribution in [2.45, 2.75) is 27.5 Å². The molecule has 0 unspecified atom stereocenters. The van der Waals surface area contributed by atoms with Crippen molar-refractivity contribution >= 4 is 42.1 Å². The maximum atomic E-state index is 12.7. The normalized spacial score (nSPS) is 13.0. The summed E-state index contributed by atoms with van der Waals surface area (Å²) >= 11 is 0.745. The van der Waals surface area contributed by atoms with Gasteiger partial charge in [-0.3, -0.25) is 0 Å². The van der Waals surface area contributed by atoms with E-state index in [4.69, 9.17) is 0 Å². The van der Waals surface area contributed by atoms with Gasteiger partial charge >= 0.3 is 0 Å². The third-order valence-corrected chi connectivity index (χ3v) is 9.22. The molecule has 0 fully saturated rings. The van der Waals surface area contributed by atoms with Crippen LogP contribution in [0.2, 0.25) is 0 Å². The first-order valence-electron chi connectivity index (χ1n) is 6.76. The molecule has 3 rings (SSSR count). The molecule has 9 heteroatoms. The average Bonchev–Trinajstić information content (AvgIpc) is 3.15. The van der Waals surface area contributed by atoms with E-state index >= 15 is 0 Å². The van der Waals surface area contributed by atoms with Gasteiger partial charge in [0.15, 0.2) is 9.84 Å². The van der Waals surface area contributed by atoms with Crippen LogP contribution in [0.3, 0.4) is 0 Å². The van der Waals surface area contributed by atoms with Gasteiger partial charge in [-0.25, -0.2) is 8.42 Å². The Balaban J connectivity index is 2.13. The molecule has 0 spiro atoms. The molecule has 23 heavy (non-hydrogen) atoms. The van der Waals surface area contributed by atoms with E-state index in [9.17, 15) is 16.8 Å². The van der Waals surface area contributed by atoms with Gasteiger partial charge in [-0.2, -0.15) is 17.6 Å². The zero-order chi connectivity index (χ0) is 16.8. The lowest BCUT2D eigenvalue weighted by Crippen LogP contribution is -2.13. The first kappa shape index (κ1) is 16.2. The van der Waals surface area contributed by atoms with E-state index in [0.717, 1.165) is 15.4 Å². The van der Waals surface area contributed by atoms with Gasteiger partial charge in [-0.1, -0.05) is 18.2 Å². The Hall–Kier alpha value is -1.71. The summed E-state index contributed by atoms with van der Waals surface area (Å²) in [7, 11) is -7.43. The van der Waals surface area contributed by atoms with E-state index in [2.05, 4.69) is 5.10 Å². The summed E-state index contributed by atoms with van der Waals surface area (Å²) in [6.07, 6.45) is 1.46. The summed E-state index contributed by atoms with van der Waals surface area (Å²) in [5.41, 5.74) is 0.453. The highest BCUT2D eigenvalue weighted by molar-refractivity contribution is 7.95. The molecule has 2 heterocycles. The number of rotatable bonds is 4. The monoisotopic (exact) mass is 370 g/mol. The average molecular weight is 370 g/mol. The van der Waals surface area contributed by atoms with E-state index in [1.165, 1.54) is 18.3 Å². The van der Waals surface area contributed by atoms with Crippen LogP contribution in [-0.2, 0) is 19.9 Å². The van der Waals surface area contributed by atoms with Gasteiger partial charge in [0.2, 0.25) is 0 Å². The minimum atomic E-state index is -3.93. The second kappa shape index (κ2) is 5.43. The van der Waals surface area contributed by atoms with Crippen molar-refractivity contribution in [2.75, 3.05) is 0 Å². The molecule has 0 saturated carbocycles. The largest absolute Gasteiger partial charge is 0.293 e. The Kier molecular flexibility index (Phi) is 3.81. The van der Waals surface area contributed by atoms with E-state index in [-0.39, 0.29) is 8.42 Å². The topological polar surface area (TPSA) is 86.1 Å². The minimum absolute atomic E-state index is 0.0440. The predicted octanol–water partition coefficient (Wildman–Crippen LogP) is 2.52. The standard InChI is InChI=1S/C14H14N2O4S3/c1-10(2)22(17,18)13-7-8-14(21-13)23(19,20)16-12-6-4-3-5-11(12)9-15-16/h3-10H,1-2H3. The van der Waals surface area contributed by atoms with Gasteiger partial charge in [0.1, 0.15) is 8.42 Å². The number of sulfone groups is 1. The number of benzene rings is 1. The summed E-state index contributed by atoms with van der Waals surface area (Å²) in [6.45, 7) is 3.12. The molecule has 1 aromatic carbocycles. The summed E-state index contributed by atoms with van der Waals surface area (Å²) < 4.78 is 50.7. The fourth-order valence-corrected chi connectivity index (χ4v) is 6.62. The zero-order valence-electron chi connectivity index (χ0n) is 12.4. The third-order valence-electron chi connectivity index (χ3n) is 3.38. The van der Waals surface area contributed by atoms with Crippen molar-refractivity contribution in [3.05, 3.63) is 42.6 Å². The van der Waals surface area contributed by atoms with Crippen LogP contribution in [0.25, 0.3) is 10.9 Å². The molecule has 0 bridgehead atoms. The first-order chi connectivity index (χ1) is 10.7. The number of para-hydroxylation sites is 1. The highest BCUT2D eigenvalue weighted by Gasteiger charge is 2.27. The molecule has 0 atom stereocenters. The number of nitrogens with zero attached hydrogens (tertiary/aromatic N) is 2. The maximum absolute atomic E-state index is 12.7. The van der Waals surface area contributed by atoms with E-state index in [1.807, 2.05) is 0 Å². The Morgan fingerprint density at radius 2 is 1.65 bits per heavy atom. The van der Waals surface area contributed by atoms with Crippen LogP contribution in [0.1, 0.15) is 13.8 Å². The first-order valence-corrected chi connectivity index (χ1v) is 10.6. The Morgan fingerprint density at radius 3 is 2.35 bits per heavy atom. The Morgan fingerprint density at radius 1 is 1.00 bits per heavy atom. The van der Waals surface area contributed by atoms with Crippen LogP contribution >= 0.6 is 11.3 Å². The summed E-state index contributed by atoms with van der Waals surface area (Å²) in [5, 5.41) is 4.02. The second-order valence-corrected chi connectivity index (χ2v) is 11.0. The Bertz CT molecular complexity index is 1080. The number of fused-ring (bicyclic) bond motifs is 1. The van der Waals surface area contributed by atoms with E-state index < -0.39 is 25.1 Å². The smallest absolute Gasteiger partial charge is 0.223 e. The van der Waals surface area contributed by atoms with Crippen molar-refractivity contribution in [2.24, 2.45) is 0 Å².